The Kier molecular flexibility index (Phi) is 7.94. The summed E-state index contributed by atoms with van der Waals surface area (Å²) < 4.78 is 0. The number of nitrogens with zero attached hydrogens (tertiary/aromatic N) is 3. The summed E-state index contributed by atoms with van der Waals surface area (Å²) in [5, 5.41) is 16.4. The van der Waals surface area contributed by atoms with Gasteiger partial charge in [0.1, 0.15) is 0 Å². The van der Waals surface area contributed by atoms with Gasteiger partial charge in [-0.15, -0.1) is 0 Å². The molecule has 1 aromatic carbocycles. The van der Waals surface area contributed by atoms with E-state index in [-0.39, 0.29) is 11.9 Å². The standard InChI is InChI=1S/C15H22N4O2/c1-12(15(21)13-8-4-2-5-9-13)18-14(20)10-6-3-7-11-17-19-16/h2,4-5,8-9,12,15,21H,3,6-7,10-11H2,1H3,(H,18,20)/t12-,15-/m0/s1. The van der Waals surface area contributed by atoms with Crippen LogP contribution in [0, 0.1) is 0 Å². The lowest BCUT2D eigenvalue weighted by atomic mass is 10.0. The monoisotopic (exact) mass is 290 g/mol. The molecular weight excluding hydrogens is 268 g/mol. The molecule has 2 atom stereocenters. The fourth-order valence-corrected chi connectivity index (χ4v) is 2.03. The van der Waals surface area contributed by atoms with E-state index in [1.165, 1.54) is 0 Å². The zero-order chi connectivity index (χ0) is 15.5. The first kappa shape index (κ1) is 17.0. The van der Waals surface area contributed by atoms with Crippen molar-refractivity contribution in [1.29, 1.82) is 0 Å². The maximum atomic E-state index is 11.8. The molecule has 0 aliphatic rings. The molecule has 0 bridgehead atoms. The number of carbonyl (C=O) groups is 1. The van der Waals surface area contributed by atoms with Crippen molar-refractivity contribution in [2.24, 2.45) is 5.11 Å². The molecular formula is C15H22N4O2. The van der Waals surface area contributed by atoms with Crippen LogP contribution in [0.2, 0.25) is 0 Å². The van der Waals surface area contributed by atoms with Crippen molar-refractivity contribution in [3.8, 4) is 0 Å². The fourth-order valence-electron chi connectivity index (χ4n) is 2.03. The highest BCUT2D eigenvalue weighted by molar-refractivity contribution is 5.76. The molecule has 0 fully saturated rings. The highest BCUT2D eigenvalue weighted by atomic mass is 16.3. The molecule has 1 aromatic rings. The Balaban J connectivity index is 2.25. The number of aliphatic hydroxyl groups excluding tert-OH is 1. The van der Waals surface area contributed by atoms with E-state index >= 15 is 0 Å². The normalized spacial score (nSPS) is 13.0. The number of aliphatic hydroxyl groups is 1. The topological polar surface area (TPSA) is 98.1 Å². The zero-order valence-corrected chi connectivity index (χ0v) is 12.3. The molecule has 0 aromatic heterocycles. The first-order valence-electron chi connectivity index (χ1n) is 7.18. The first-order chi connectivity index (χ1) is 10.1. The average Bonchev–Trinajstić information content (AvgIpc) is 2.50. The van der Waals surface area contributed by atoms with Gasteiger partial charge in [0.05, 0.1) is 12.1 Å². The van der Waals surface area contributed by atoms with Gasteiger partial charge in [-0.3, -0.25) is 4.79 Å². The minimum Gasteiger partial charge on any atom is -0.386 e. The number of unbranched alkanes of at least 4 members (excludes halogenated alkanes) is 2. The molecule has 0 heterocycles. The molecule has 0 radical (unpaired) electrons. The van der Waals surface area contributed by atoms with Crippen molar-refractivity contribution in [3.63, 3.8) is 0 Å². The smallest absolute Gasteiger partial charge is 0.220 e. The summed E-state index contributed by atoms with van der Waals surface area (Å²) in [6.45, 7) is 2.26. The molecule has 0 saturated carbocycles. The number of hydrogen-bond donors (Lipinski definition) is 2. The second-order valence-electron chi connectivity index (χ2n) is 4.98. The highest BCUT2D eigenvalue weighted by Crippen LogP contribution is 2.16. The Morgan fingerprint density at radius 2 is 2.05 bits per heavy atom. The molecule has 6 heteroatoms. The molecule has 2 N–H and O–H groups in total. The van der Waals surface area contributed by atoms with Crippen LogP contribution in [0.1, 0.15) is 44.3 Å². The van der Waals surface area contributed by atoms with Gasteiger partial charge in [0, 0.05) is 17.9 Å². The third-order valence-electron chi connectivity index (χ3n) is 3.23. The van der Waals surface area contributed by atoms with Crippen LogP contribution in [0.3, 0.4) is 0 Å². The minimum atomic E-state index is -0.708. The van der Waals surface area contributed by atoms with Crippen LogP contribution in [-0.4, -0.2) is 23.6 Å². The third-order valence-corrected chi connectivity index (χ3v) is 3.23. The third kappa shape index (κ3) is 6.79. The summed E-state index contributed by atoms with van der Waals surface area (Å²) in [4.78, 5) is 14.4. The predicted molar refractivity (Wildman–Crippen MR) is 81.5 cm³/mol. The Bertz CT molecular complexity index is 472. The molecule has 21 heavy (non-hydrogen) atoms. The van der Waals surface area contributed by atoms with Gasteiger partial charge < -0.3 is 10.4 Å². The van der Waals surface area contributed by atoms with Crippen molar-refractivity contribution >= 4 is 5.91 Å². The summed E-state index contributed by atoms with van der Waals surface area (Å²) in [5.41, 5.74) is 8.92. The average molecular weight is 290 g/mol. The van der Waals surface area contributed by atoms with Crippen molar-refractivity contribution in [2.75, 3.05) is 6.54 Å². The SMILES string of the molecule is C[C@H](NC(=O)CCCCCN=[N+]=[N-])[C@H](O)c1ccccc1. The van der Waals surface area contributed by atoms with Gasteiger partial charge in [-0.1, -0.05) is 41.9 Å². The van der Waals surface area contributed by atoms with E-state index in [1.54, 1.807) is 6.92 Å². The van der Waals surface area contributed by atoms with Crippen LogP contribution in [0.25, 0.3) is 10.4 Å². The van der Waals surface area contributed by atoms with E-state index < -0.39 is 6.10 Å². The number of azide groups is 1. The lowest BCUT2D eigenvalue weighted by molar-refractivity contribution is -0.122. The number of nitrogens with one attached hydrogen (secondary N) is 1. The van der Waals surface area contributed by atoms with Gasteiger partial charge in [-0.25, -0.2) is 0 Å². The van der Waals surface area contributed by atoms with Crippen molar-refractivity contribution in [3.05, 3.63) is 46.3 Å². The molecule has 114 valence electrons. The van der Waals surface area contributed by atoms with E-state index in [2.05, 4.69) is 15.3 Å². The van der Waals surface area contributed by atoms with E-state index in [0.717, 1.165) is 24.8 Å². The lowest BCUT2D eigenvalue weighted by Gasteiger charge is -2.20. The number of benzene rings is 1. The van der Waals surface area contributed by atoms with Crippen LogP contribution >= 0.6 is 0 Å². The summed E-state index contributed by atoms with van der Waals surface area (Å²) in [7, 11) is 0. The van der Waals surface area contributed by atoms with Gasteiger partial charge in [-0.05, 0) is 30.9 Å². The lowest BCUT2D eigenvalue weighted by Crippen LogP contribution is -2.36. The van der Waals surface area contributed by atoms with Gasteiger partial charge in [0.2, 0.25) is 5.91 Å². The number of hydrogen-bond acceptors (Lipinski definition) is 3. The van der Waals surface area contributed by atoms with Gasteiger partial charge in [-0.2, -0.15) is 0 Å². The summed E-state index contributed by atoms with van der Waals surface area (Å²) in [6.07, 6.45) is 2.10. The van der Waals surface area contributed by atoms with Crippen LogP contribution in [0.5, 0.6) is 0 Å². The Hall–Kier alpha value is -2.04. The first-order valence-corrected chi connectivity index (χ1v) is 7.18. The molecule has 6 nitrogen and oxygen atoms in total. The molecule has 1 amide bonds. The van der Waals surface area contributed by atoms with Crippen LogP contribution in [0.15, 0.2) is 35.4 Å². The van der Waals surface area contributed by atoms with Gasteiger partial charge in [0.25, 0.3) is 0 Å². The largest absolute Gasteiger partial charge is 0.386 e. The fraction of sp³-hybridized carbons (Fsp3) is 0.533. The molecule has 1 rings (SSSR count). The molecule has 0 saturated heterocycles. The summed E-state index contributed by atoms with van der Waals surface area (Å²) >= 11 is 0. The Morgan fingerprint density at radius 3 is 2.71 bits per heavy atom. The van der Waals surface area contributed by atoms with E-state index in [0.29, 0.717) is 13.0 Å². The van der Waals surface area contributed by atoms with Crippen LogP contribution in [-0.2, 0) is 4.79 Å². The Morgan fingerprint density at radius 1 is 1.33 bits per heavy atom. The minimum absolute atomic E-state index is 0.0683. The van der Waals surface area contributed by atoms with E-state index in [1.807, 2.05) is 30.3 Å². The van der Waals surface area contributed by atoms with Gasteiger partial charge >= 0.3 is 0 Å². The molecule has 0 spiro atoms. The molecule has 0 unspecified atom stereocenters. The van der Waals surface area contributed by atoms with Crippen molar-refractivity contribution < 1.29 is 9.90 Å². The molecule has 0 aliphatic heterocycles. The van der Waals surface area contributed by atoms with Crippen LogP contribution < -0.4 is 5.32 Å². The Labute approximate surface area is 124 Å². The van der Waals surface area contributed by atoms with E-state index in [9.17, 15) is 9.90 Å². The number of rotatable bonds is 9. The summed E-state index contributed by atoms with van der Waals surface area (Å²) in [5.74, 6) is -0.0683. The van der Waals surface area contributed by atoms with Crippen molar-refractivity contribution in [1.82, 2.24) is 5.32 Å². The second kappa shape index (κ2) is 9.80. The maximum absolute atomic E-state index is 11.8. The summed E-state index contributed by atoms with van der Waals surface area (Å²) in [6, 6.07) is 8.94. The maximum Gasteiger partial charge on any atom is 0.220 e. The predicted octanol–water partition coefficient (Wildman–Crippen LogP) is 3.10. The zero-order valence-electron chi connectivity index (χ0n) is 12.3. The van der Waals surface area contributed by atoms with Crippen LogP contribution in [0.4, 0.5) is 0 Å². The number of carbonyl (C=O) groups excluding carboxylic acids is 1. The number of amides is 1. The van der Waals surface area contributed by atoms with Gasteiger partial charge in [0.15, 0.2) is 0 Å². The second-order valence-corrected chi connectivity index (χ2v) is 4.98. The molecule has 0 aliphatic carbocycles. The van der Waals surface area contributed by atoms with Crippen molar-refractivity contribution in [2.45, 2.75) is 44.8 Å². The quantitative estimate of drug-likeness (QED) is 0.316. The highest BCUT2D eigenvalue weighted by Gasteiger charge is 2.17. The van der Waals surface area contributed by atoms with E-state index in [4.69, 9.17) is 5.53 Å².